The van der Waals surface area contributed by atoms with Crippen LogP contribution in [-0.4, -0.2) is 67.2 Å². The summed E-state index contributed by atoms with van der Waals surface area (Å²) in [6, 6.07) is 13.7. The Hall–Kier alpha value is -3.04. The summed E-state index contributed by atoms with van der Waals surface area (Å²) in [7, 11) is -1.22. The first-order chi connectivity index (χ1) is 17.3. The van der Waals surface area contributed by atoms with Crippen LogP contribution >= 0.6 is 0 Å². The van der Waals surface area contributed by atoms with E-state index in [1.165, 1.54) is 6.42 Å². The molecule has 2 saturated carbocycles. The van der Waals surface area contributed by atoms with Crippen LogP contribution < -0.4 is 10.5 Å². The third-order valence-electron chi connectivity index (χ3n) is 7.90. The summed E-state index contributed by atoms with van der Waals surface area (Å²) >= 11 is 0. The van der Waals surface area contributed by atoms with Crippen LogP contribution in [0, 0.1) is 0 Å². The molecule has 36 heavy (non-hydrogen) atoms. The molecule has 1 saturated heterocycles. The molecule has 9 heteroatoms. The molecule has 190 valence electrons. The fraction of sp³-hybridized carbons (Fsp3) is 0.444. The minimum absolute atomic E-state index is 0.0683. The topological polar surface area (TPSA) is 101 Å². The highest BCUT2D eigenvalue weighted by Gasteiger charge is 2.35. The number of piperazine rings is 1. The van der Waals surface area contributed by atoms with Crippen LogP contribution in [0.2, 0.25) is 0 Å². The van der Waals surface area contributed by atoms with Crippen LogP contribution in [-0.2, 0) is 10.0 Å². The fourth-order valence-electron chi connectivity index (χ4n) is 5.30. The Balaban J connectivity index is 1.37. The maximum Gasteiger partial charge on any atom is 0.254 e. The normalized spacial score (nSPS) is 19.4. The summed E-state index contributed by atoms with van der Waals surface area (Å²) in [5.41, 5.74) is 11.6. The third-order valence-corrected chi connectivity index (χ3v) is 9.77. The number of nitrogens with two attached hydrogens (primary N) is 1. The minimum Gasteiger partial charge on any atom is -0.396 e. The standard InChI is InChI=1S/C27H33N5O3S/c1-30-13-15-31(16-14-30)27(33)19-7-12-23-24(17-19)32(21-3-2-4-21)26(25(23)28)18-5-8-20(9-6-18)29-36(34,35)22-10-11-22/h5-9,12,17,21-22,29H,2-4,10-11,13-16,28H2,1H3. The second-order valence-corrected chi connectivity index (χ2v) is 12.4. The molecule has 1 aromatic heterocycles. The van der Waals surface area contributed by atoms with Crippen LogP contribution in [0.4, 0.5) is 11.4 Å². The zero-order chi connectivity index (χ0) is 25.0. The Morgan fingerprint density at radius 1 is 0.972 bits per heavy atom. The van der Waals surface area contributed by atoms with Gasteiger partial charge in [0.2, 0.25) is 10.0 Å². The summed E-state index contributed by atoms with van der Waals surface area (Å²) in [4.78, 5) is 17.5. The quantitative estimate of drug-likeness (QED) is 0.527. The highest BCUT2D eigenvalue weighted by atomic mass is 32.2. The van der Waals surface area contributed by atoms with Crippen molar-refractivity contribution in [3.8, 4) is 11.3 Å². The number of nitrogen functional groups attached to an aromatic ring is 1. The fourth-order valence-corrected chi connectivity index (χ4v) is 6.69. The van der Waals surface area contributed by atoms with Crippen LogP contribution in [0.1, 0.15) is 48.5 Å². The molecule has 1 aliphatic heterocycles. The molecule has 3 N–H and O–H groups in total. The van der Waals surface area contributed by atoms with E-state index >= 15 is 0 Å². The molecule has 2 aliphatic carbocycles. The molecule has 6 rings (SSSR count). The molecule has 1 amide bonds. The lowest BCUT2D eigenvalue weighted by molar-refractivity contribution is 0.0664. The molecule has 0 unspecified atom stereocenters. The molecule has 3 aromatic rings. The van der Waals surface area contributed by atoms with Crippen molar-refractivity contribution in [3.05, 3.63) is 48.0 Å². The Morgan fingerprint density at radius 3 is 2.28 bits per heavy atom. The zero-order valence-electron chi connectivity index (χ0n) is 20.6. The molecular formula is C27H33N5O3S. The maximum atomic E-state index is 13.3. The number of nitrogens with zero attached hydrogens (tertiary/aromatic N) is 3. The van der Waals surface area contributed by atoms with E-state index in [2.05, 4.69) is 21.2 Å². The summed E-state index contributed by atoms with van der Waals surface area (Å²) < 4.78 is 29.7. The van der Waals surface area contributed by atoms with E-state index in [9.17, 15) is 13.2 Å². The van der Waals surface area contributed by atoms with Gasteiger partial charge in [-0.05, 0) is 69.5 Å². The first-order valence-electron chi connectivity index (χ1n) is 12.8. The van der Waals surface area contributed by atoms with E-state index in [1.807, 2.05) is 35.2 Å². The largest absolute Gasteiger partial charge is 0.396 e. The number of sulfonamides is 1. The number of nitrogens with one attached hydrogen (secondary N) is 1. The number of hydrogen-bond donors (Lipinski definition) is 2. The highest BCUT2D eigenvalue weighted by molar-refractivity contribution is 7.93. The number of carbonyl (C=O) groups excluding carboxylic acids is 1. The van der Waals surface area contributed by atoms with Crippen molar-refractivity contribution in [2.75, 3.05) is 43.7 Å². The number of amides is 1. The van der Waals surface area contributed by atoms with Gasteiger partial charge < -0.3 is 20.1 Å². The van der Waals surface area contributed by atoms with Gasteiger partial charge in [-0.15, -0.1) is 0 Å². The van der Waals surface area contributed by atoms with E-state index < -0.39 is 10.0 Å². The second kappa shape index (κ2) is 8.81. The molecule has 2 heterocycles. The number of likely N-dealkylation sites (N-methyl/N-ethyl adjacent to an activating group) is 1. The van der Waals surface area contributed by atoms with Crippen molar-refractivity contribution in [3.63, 3.8) is 0 Å². The van der Waals surface area contributed by atoms with Gasteiger partial charge in [-0.1, -0.05) is 12.1 Å². The van der Waals surface area contributed by atoms with Crippen molar-refractivity contribution in [1.29, 1.82) is 0 Å². The average Bonchev–Trinajstić information content (AvgIpc) is 3.66. The summed E-state index contributed by atoms with van der Waals surface area (Å²) in [5, 5.41) is 0.682. The molecule has 2 aromatic carbocycles. The Kier molecular flexibility index (Phi) is 5.72. The molecule has 0 bridgehead atoms. The molecule has 0 spiro atoms. The highest BCUT2D eigenvalue weighted by Crippen LogP contribution is 2.44. The number of hydrogen-bond acceptors (Lipinski definition) is 5. The van der Waals surface area contributed by atoms with E-state index in [0.717, 1.165) is 74.0 Å². The van der Waals surface area contributed by atoms with E-state index in [1.54, 1.807) is 12.1 Å². The van der Waals surface area contributed by atoms with Crippen LogP contribution in [0.15, 0.2) is 42.5 Å². The zero-order valence-corrected chi connectivity index (χ0v) is 21.4. The van der Waals surface area contributed by atoms with Crippen molar-refractivity contribution < 1.29 is 13.2 Å². The molecule has 3 aliphatic rings. The summed E-state index contributed by atoms with van der Waals surface area (Å²) in [6.07, 6.45) is 4.78. The van der Waals surface area contributed by atoms with Crippen molar-refractivity contribution in [1.82, 2.24) is 14.4 Å². The number of rotatable bonds is 6. The van der Waals surface area contributed by atoms with Gasteiger partial charge in [0.1, 0.15) is 0 Å². The number of aromatic nitrogens is 1. The Morgan fingerprint density at radius 2 is 1.67 bits per heavy atom. The first kappa shape index (κ1) is 23.4. The van der Waals surface area contributed by atoms with Crippen molar-refractivity contribution in [2.45, 2.75) is 43.4 Å². The van der Waals surface area contributed by atoms with Crippen molar-refractivity contribution >= 4 is 38.2 Å². The van der Waals surface area contributed by atoms with Gasteiger partial charge in [0.15, 0.2) is 0 Å². The van der Waals surface area contributed by atoms with E-state index in [4.69, 9.17) is 5.73 Å². The van der Waals surface area contributed by atoms with Gasteiger partial charge in [-0.3, -0.25) is 9.52 Å². The lowest BCUT2D eigenvalue weighted by atomic mass is 9.92. The summed E-state index contributed by atoms with van der Waals surface area (Å²) in [5.74, 6) is 0.0683. The Labute approximate surface area is 212 Å². The summed E-state index contributed by atoms with van der Waals surface area (Å²) in [6.45, 7) is 3.25. The smallest absolute Gasteiger partial charge is 0.254 e. The van der Waals surface area contributed by atoms with Crippen LogP contribution in [0.25, 0.3) is 22.2 Å². The monoisotopic (exact) mass is 507 g/mol. The second-order valence-electron chi connectivity index (χ2n) is 10.5. The number of anilines is 2. The van der Waals surface area contributed by atoms with Gasteiger partial charge in [0.05, 0.1) is 22.1 Å². The molecule has 8 nitrogen and oxygen atoms in total. The lowest BCUT2D eigenvalue weighted by Gasteiger charge is -2.32. The van der Waals surface area contributed by atoms with Crippen LogP contribution in [0.3, 0.4) is 0 Å². The number of carbonyl (C=O) groups is 1. The molecule has 0 radical (unpaired) electrons. The van der Waals surface area contributed by atoms with Gasteiger partial charge in [0.25, 0.3) is 5.91 Å². The lowest BCUT2D eigenvalue weighted by Crippen LogP contribution is -2.47. The molecular weight excluding hydrogens is 474 g/mol. The predicted molar refractivity (Wildman–Crippen MR) is 144 cm³/mol. The maximum absolute atomic E-state index is 13.3. The molecule has 3 fully saturated rings. The molecule has 0 atom stereocenters. The van der Waals surface area contributed by atoms with Crippen molar-refractivity contribution in [2.24, 2.45) is 0 Å². The first-order valence-corrected chi connectivity index (χ1v) is 14.4. The number of fused-ring (bicyclic) bond motifs is 1. The van der Waals surface area contributed by atoms with Gasteiger partial charge in [0, 0.05) is 54.4 Å². The van der Waals surface area contributed by atoms with Gasteiger partial charge >= 0.3 is 0 Å². The van der Waals surface area contributed by atoms with Crippen LogP contribution in [0.5, 0.6) is 0 Å². The Bertz CT molecular complexity index is 1410. The van der Waals surface area contributed by atoms with Gasteiger partial charge in [-0.2, -0.15) is 0 Å². The van der Waals surface area contributed by atoms with Gasteiger partial charge in [-0.25, -0.2) is 8.42 Å². The average molecular weight is 508 g/mol. The minimum atomic E-state index is -3.31. The predicted octanol–water partition coefficient (Wildman–Crippen LogP) is 3.91. The van der Waals surface area contributed by atoms with E-state index in [0.29, 0.717) is 23.0 Å². The third kappa shape index (κ3) is 4.14. The number of benzene rings is 2. The van der Waals surface area contributed by atoms with E-state index in [-0.39, 0.29) is 11.2 Å². The SMILES string of the molecule is CN1CCN(C(=O)c2ccc3c(N)c(-c4ccc(NS(=O)(=O)C5CC5)cc4)n(C4CCC4)c3c2)CC1.